The molecule has 2 aromatic rings. The number of carboxylic acid groups (broad SMARTS) is 2. The van der Waals surface area contributed by atoms with E-state index in [0.29, 0.717) is 52.9 Å². The summed E-state index contributed by atoms with van der Waals surface area (Å²) in [6.07, 6.45) is -0.517. The molecule has 522 valence electrons. The van der Waals surface area contributed by atoms with E-state index >= 15 is 0 Å². The van der Waals surface area contributed by atoms with Crippen LogP contribution in [-0.4, -0.2) is 190 Å². The molecule has 0 spiro atoms. The SMILES string of the molecule is CC(/C=N/OCC(=O)NCCNC(=S)Nc1ccc(-c2c3ccc(=O)cc-3oc3cc(O)ccc23)c(C(=O)O)c1)OC(CCNOCC(=O)O)O[C@H]1[C@@H](O)C[C@H](O[C@H]2[C@@H](O)C[C@H](O[C@H]3CC[C@@]4(C)[C@H](CC[C@@H]5[C@@H]4C[C@@H](O)[C@]4(C)[C@@H](C6=CC(=O)OC6)CC[C@]54O)C3)O[C@@H]2C)O[C@@H]1C. The third kappa shape index (κ3) is 15.1. The summed E-state index contributed by atoms with van der Waals surface area (Å²) in [4.78, 5) is 70.9. The van der Waals surface area contributed by atoms with Gasteiger partial charge in [0.1, 0.15) is 35.9 Å². The number of carbonyl (C=O) groups excluding carboxylic acids is 2. The first-order valence-electron chi connectivity index (χ1n) is 33.0. The van der Waals surface area contributed by atoms with Crippen molar-refractivity contribution in [1.29, 1.82) is 0 Å². The number of cyclic esters (lactones) is 1. The van der Waals surface area contributed by atoms with Gasteiger partial charge in [0.25, 0.3) is 5.91 Å². The number of hydroxylamine groups is 1. The second kappa shape index (κ2) is 29.7. The highest BCUT2D eigenvalue weighted by Gasteiger charge is 2.71. The van der Waals surface area contributed by atoms with Gasteiger partial charge in [-0.2, -0.15) is 0 Å². The highest BCUT2D eigenvalue weighted by molar-refractivity contribution is 7.80. The molecule has 9 aliphatic rings. The lowest BCUT2D eigenvalue weighted by molar-refractivity contribution is -0.329. The number of aliphatic carboxylic acids is 1. The number of fused-ring (bicyclic) bond motifs is 7. The van der Waals surface area contributed by atoms with Gasteiger partial charge in [-0.25, -0.2) is 19.9 Å². The number of aromatic carboxylic acids is 1. The first-order chi connectivity index (χ1) is 45.8. The van der Waals surface area contributed by atoms with Crippen molar-refractivity contribution in [2.24, 2.45) is 39.7 Å². The normalized spacial score (nSPS) is 33.3. The smallest absolute Gasteiger partial charge is 0.336 e. The van der Waals surface area contributed by atoms with E-state index in [1.54, 1.807) is 51.1 Å². The van der Waals surface area contributed by atoms with E-state index in [-0.39, 0.29) is 114 Å². The summed E-state index contributed by atoms with van der Waals surface area (Å²) >= 11 is 5.45. The average Bonchev–Trinajstić information content (AvgIpc) is 1.39. The Labute approximate surface area is 559 Å². The number of amides is 1. The van der Waals surface area contributed by atoms with Crippen LogP contribution in [0.15, 0.2) is 80.6 Å². The molecule has 2 saturated heterocycles. The molecule has 6 fully saturated rings. The first kappa shape index (κ1) is 70.5. The average molecular weight is 1360 g/mol. The number of nitrogens with zero attached hydrogens (tertiary/aromatic N) is 1. The van der Waals surface area contributed by atoms with E-state index in [9.17, 15) is 54.6 Å². The quantitative estimate of drug-likeness (QED) is 0.00572. The Hall–Kier alpha value is -6.77. The van der Waals surface area contributed by atoms with Crippen LogP contribution in [0.5, 0.6) is 5.75 Å². The summed E-state index contributed by atoms with van der Waals surface area (Å²) in [5.74, 6) is -2.84. The molecule has 0 bridgehead atoms. The number of aromatic hydroxyl groups is 1. The van der Waals surface area contributed by atoms with Gasteiger partial charge in [0.15, 0.2) is 42.6 Å². The fraction of sp³-hybridized carbons (Fsp3) is 0.603. The molecule has 1 amide bonds. The van der Waals surface area contributed by atoms with E-state index in [1.165, 1.54) is 36.5 Å². The fourth-order valence-corrected chi connectivity index (χ4v) is 16.7. The monoisotopic (exact) mass is 1360 g/mol. The number of anilines is 1. The summed E-state index contributed by atoms with van der Waals surface area (Å²) in [7, 11) is 0. The van der Waals surface area contributed by atoms with Crippen molar-refractivity contribution in [2.75, 3.05) is 44.8 Å². The Morgan fingerprint density at radius 3 is 2.29 bits per heavy atom. The molecule has 5 aliphatic carbocycles. The summed E-state index contributed by atoms with van der Waals surface area (Å²) in [5.41, 5.74) is 2.99. The number of benzene rings is 3. The molecule has 4 heterocycles. The zero-order chi connectivity index (χ0) is 68.4. The van der Waals surface area contributed by atoms with Crippen LogP contribution in [0.3, 0.4) is 0 Å². The number of phenolic OH excluding ortho intramolecular Hbond substituents is 1. The number of hydrogen-bond acceptors (Lipinski definition) is 23. The number of aliphatic hydroxyl groups excluding tert-OH is 3. The minimum absolute atomic E-state index is 0.0228. The number of phenols is 1. The number of thiocarbonyl (C=S) groups is 1. The number of nitrogens with one attached hydrogen (secondary N) is 4. The predicted octanol–water partition coefficient (Wildman–Crippen LogP) is 5.48. The van der Waals surface area contributed by atoms with Crippen molar-refractivity contribution in [3.63, 3.8) is 0 Å². The van der Waals surface area contributed by atoms with Gasteiger partial charge in [0.05, 0.1) is 60.1 Å². The third-order valence-electron chi connectivity index (χ3n) is 21.2. The number of rotatable bonds is 25. The lowest BCUT2D eigenvalue weighted by Gasteiger charge is -2.65. The molecule has 28 heteroatoms. The summed E-state index contributed by atoms with van der Waals surface area (Å²) in [6.45, 7) is 8.98. The maximum Gasteiger partial charge on any atom is 0.336 e. The molecule has 0 radical (unpaired) electrons. The standard InChI is InChI=1S/C68H87N5O22S/c1-34(30-72-87-32-55(79)69-20-21-70-65(96)73-39-7-10-43(46(24-39)64(83)84)61-44-11-8-40(74)25-52(44)93-53-26-41(75)9-12-45(53)61)89-58(16-19-71-88-33-56(80)81)94-62-35(2)91-60(29-51(62)77)95-63-36(3)90-59(28-50(63)76)92-42-14-17-66(4)38(23-42)6-13-48-49(66)27-54(78)67(5)47(15-18-68(48,67)85)37-22-57(82)86-31-37/h7-12,22,24-26,30,34-36,38,42,47-51,54,58-60,62-63,71,74,76-78,85H,6,13-21,23,27-29,31-33H2,1-5H3,(H,69,79)(H,80,81)(H,83,84)(H2,70,73,96)/b72-30+/t34?,35-,36-,38-,42+,47-,48-,49+,50+,51+,54-,58?,59+,60+,62-,63-,66+,67+,68+/m1/s1. The van der Waals surface area contributed by atoms with Crippen molar-refractivity contribution < 1.29 is 102 Å². The summed E-state index contributed by atoms with van der Waals surface area (Å²) in [6, 6.07) is 13.3. The second-order valence-electron chi connectivity index (χ2n) is 27.0. The summed E-state index contributed by atoms with van der Waals surface area (Å²) < 4.78 is 49.2. The predicted molar refractivity (Wildman–Crippen MR) is 347 cm³/mol. The van der Waals surface area contributed by atoms with E-state index in [0.717, 1.165) is 37.7 Å². The topological polar surface area (TPSA) is 384 Å². The lowest BCUT2D eigenvalue weighted by atomic mass is 9.42. The van der Waals surface area contributed by atoms with Gasteiger partial charge in [-0.3, -0.25) is 14.4 Å². The van der Waals surface area contributed by atoms with Crippen LogP contribution in [-0.2, 0) is 57.2 Å². The highest BCUT2D eigenvalue weighted by Crippen LogP contribution is 2.70. The number of aliphatic hydroxyl groups is 4. The van der Waals surface area contributed by atoms with Crippen LogP contribution in [0, 0.1) is 34.5 Å². The van der Waals surface area contributed by atoms with Crippen LogP contribution >= 0.6 is 12.2 Å². The molecule has 4 aliphatic heterocycles. The largest absolute Gasteiger partial charge is 0.508 e. The molecular weight excluding hydrogens is 1270 g/mol. The van der Waals surface area contributed by atoms with Gasteiger partial charge in [0.2, 0.25) is 0 Å². The number of carboxylic acids is 2. The number of esters is 1. The van der Waals surface area contributed by atoms with Crippen LogP contribution in [0.1, 0.15) is 116 Å². The van der Waals surface area contributed by atoms with Crippen molar-refractivity contribution in [2.45, 2.75) is 185 Å². The fourth-order valence-electron chi connectivity index (χ4n) is 16.4. The molecule has 2 aromatic carbocycles. The summed E-state index contributed by atoms with van der Waals surface area (Å²) in [5, 5.41) is 90.4. The third-order valence-corrected chi connectivity index (χ3v) is 21.4. The van der Waals surface area contributed by atoms with Crippen molar-refractivity contribution in [3.05, 3.63) is 82.0 Å². The Balaban J connectivity index is 0.606. The van der Waals surface area contributed by atoms with Gasteiger partial charge in [0, 0.05) is 84.7 Å². The zero-order valence-corrected chi connectivity index (χ0v) is 55.0. The van der Waals surface area contributed by atoms with E-state index in [2.05, 4.69) is 33.5 Å². The minimum Gasteiger partial charge on any atom is -0.508 e. The van der Waals surface area contributed by atoms with E-state index in [1.807, 2.05) is 6.92 Å². The Morgan fingerprint density at radius 2 is 1.56 bits per heavy atom. The van der Waals surface area contributed by atoms with Gasteiger partial charge >= 0.3 is 17.9 Å². The number of ether oxygens (including phenoxy) is 7. The number of oxime groups is 1. The number of carbonyl (C=O) groups is 4. The molecule has 96 heavy (non-hydrogen) atoms. The van der Waals surface area contributed by atoms with E-state index < -0.39 is 110 Å². The zero-order valence-electron chi connectivity index (χ0n) is 54.2. The van der Waals surface area contributed by atoms with Gasteiger partial charge in [-0.05, 0) is 161 Å². The number of hydrogen-bond donors (Lipinski definition) is 11. The molecule has 4 saturated carbocycles. The molecular formula is C68H87N5O22S. The van der Waals surface area contributed by atoms with Gasteiger partial charge in [-0.1, -0.05) is 25.1 Å². The highest BCUT2D eigenvalue weighted by atomic mass is 32.1. The van der Waals surface area contributed by atoms with Crippen LogP contribution < -0.4 is 26.9 Å². The molecule has 2 unspecified atom stereocenters. The van der Waals surface area contributed by atoms with Gasteiger partial charge < -0.3 is 94.1 Å². The molecule has 19 atom stereocenters. The van der Waals surface area contributed by atoms with Crippen LogP contribution in [0.2, 0.25) is 0 Å². The van der Waals surface area contributed by atoms with Crippen molar-refractivity contribution in [1.82, 2.24) is 16.1 Å². The van der Waals surface area contributed by atoms with Crippen molar-refractivity contribution in [3.8, 4) is 28.2 Å². The molecule has 11 N–H and O–H groups in total. The van der Waals surface area contributed by atoms with Gasteiger partial charge in [-0.15, -0.1) is 0 Å². The van der Waals surface area contributed by atoms with Crippen molar-refractivity contribution >= 4 is 64.0 Å². The lowest BCUT2D eigenvalue weighted by Crippen LogP contribution is -2.67. The van der Waals surface area contributed by atoms with E-state index in [4.69, 9.17) is 64.6 Å². The molecule has 11 rings (SSSR count). The molecule has 0 aromatic heterocycles. The maximum absolute atomic E-state index is 12.7. The maximum atomic E-state index is 12.7. The first-order valence-corrected chi connectivity index (χ1v) is 33.4. The Kier molecular flexibility index (Phi) is 21.9. The molecule has 27 nitrogen and oxygen atoms in total. The Morgan fingerprint density at radius 1 is 0.823 bits per heavy atom. The van der Waals surface area contributed by atoms with Crippen LogP contribution in [0.25, 0.3) is 33.4 Å². The minimum atomic E-state index is -1.23. The Bertz CT molecular complexity index is 3570. The van der Waals surface area contributed by atoms with Crippen LogP contribution in [0.4, 0.5) is 5.69 Å². The second-order valence-corrected chi connectivity index (χ2v) is 27.4.